The summed E-state index contributed by atoms with van der Waals surface area (Å²) in [5.41, 5.74) is 1.13. The Morgan fingerprint density at radius 1 is 1.44 bits per heavy atom. The largest absolute Gasteiger partial charge is 0.488 e. The fourth-order valence-electron chi connectivity index (χ4n) is 1.75. The number of ether oxygens (including phenoxy) is 1. The highest BCUT2D eigenvalue weighted by Crippen LogP contribution is 2.21. The van der Waals surface area contributed by atoms with Gasteiger partial charge in [-0.3, -0.25) is 4.68 Å². The molecule has 0 aliphatic carbocycles. The minimum atomic E-state index is 0. The van der Waals surface area contributed by atoms with Crippen molar-refractivity contribution in [3.63, 3.8) is 0 Å². The number of nitrogens with zero attached hydrogens (tertiary/aromatic N) is 2. The normalized spacial score (nSPS) is 15.6. The first-order chi connectivity index (χ1) is 7.33. The van der Waals surface area contributed by atoms with Gasteiger partial charge in [-0.05, 0) is 18.2 Å². The van der Waals surface area contributed by atoms with Gasteiger partial charge in [0.05, 0.1) is 11.7 Å². The summed E-state index contributed by atoms with van der Waals surface area (Å²) < 4.78 is 7.63. The van der Waals surface area contributed by atoms with Gasteiger partial charge in [-0.25, -0.2) is 0 Å². The summed E-state index contributed by atoms with van der Waals surface area (Å²) in [6.45, 7) is 1.90. The molecule has 5 heteroatoms. The van der Waals surface area contributed by atoms with E-state index in [-0.39, 0.29) is 12.4 Å². The van der Waals surface area contributed by atoms with Gasteiger partial charge in [0.25, 0.3) is 0 Å². The van der Waals surface area contributed by atoms with Crippen LogP contribution in [0.3, 0.4) is 0 Å². The maximum Gasteiger partial charge on any atom is 0.123 e. The second kappa shape index (κ2) is 4.31. The highest BCUT2D eigenvalue weighted by atomic mass is 35.5. The lowest BCUT2D eigenvalue weighted by Gasteiger charge is -2.27. The Bertz CT molecular complexity index is 493. The molecule has 0 saturated carbocycles. The fourth-order valence-corrected chi connectivity index (χ4v) is 1.75. The molecule has 2 heterocycles. The molecule has 4 nitrogen and oxygen atoms in total. The monoisotopic (exact) mass is 239 g/mol. The van der Waals surface area contributed by atoms with Crippen molar-refractivity contribution in [2.75, 3.05) is 13.1 Å². The predicted octanol–water partition coefficient (Wildman–Crippen LogP) is 1.35. The van der Waals surface area contributed by atoms with Gasteiger partial charge in [-0.2, -0.15) is 5.10 Å². The lowest BCUT2D eigenvalue weighted by atomic mass is 10.2. The fraction of sp³-hybridized carbons (Fsp3) is 0.364. The zero-order valence-electron chi connectivity index (χ0n) is 9.01. The Balaban J connectivity index is 0.000000963. The Kier molecular flexibility index (Phi) is 3.03. The highest BCUT2D eigenvalue weighted by Gasteiger charge is 2.18. The van der Waals surface area contributed by atoms with E-state index < -0.39 is 0 Å². The van der Waals surface area contributed by atoms with E-state index in [0.717, 1.165) is 29.7 Å². The van der Waals surface area contributed by atoms with Gasteiger partial charge in [0.15, 0.2) is 0 Å². The highest BCUT2D eigenvalue weighted by molar-refractivity contribution is 5.85. The van der Waals surface area contributed by atoms with Crippen molar-refractivity contribution in [3.05, 3.63) is 24.4 Å². The maximum atomic E-state index is 5.77. The summed E-state index contributed by atoms with van der Waals surface area (Å²) in [7, 11) is 1.94. The molecule has 86 valence electrons. The Morgan fingerprint density at radius 3 is 2.94 bits per heavy atom. The lowest BCUT2D eigenvalue weighted by molar-refractivity contribution is 0.142. The summed E-state index contributed by atoms with van der Waals surface area (Å²) in [6, 6.07) is 6.09. The maximum absolute atomic E-state index is 5.77. The third kappa shape index (κ3) is 1.86. The number of nitrogens with one attached hydrogen (secondary N) is 1. The molecule has 0 spiro atoms. The smallest absolute Gasteiger partial charge is 0.123 e. The third-order valence-electron chi connectivity index (χ3n) is 2.76. The van der Waals surface area contributed by atoms with Gasteiger partial charge < -0.3 is 10.1 Å². The van der Waals surface area contributed by atoms with Crippen molar-refractivity contribution < 1.29 is 4.74 Å². The number of fused-ring (bicyclic) bond motifs is 1. The van der Waals surface area contributed by atoms with Crippen LogP contribution in [0.15, 0.2) is 24.4 Å². The number of hydrogen-bond acceptors (Lipinski definition) is 3. The minimum Gasteiger partial charge on any atom is -0.488 e. The molecule has 1 aliphatic rings. The molecule has 0 atom stereocenters. The number of benzene rings is 1. The summed E-state index contributed by atoms with van der Waals surface area (Å²) in [6.07, 6.45) is 2.19. The average molecular weight is 240 g/mol. The second-order valence-corrected chi connectivity index (χ2v) is 3.89. The lowest BCUT2D eigenvalue weighted by Crippen LogP contribution is -2.50. The van der Waals surface area contributed by atoms with Gasteiger partial charge in [0.1, 0.15) is 11.9 Å². The van der Waals surface area contributed by atoms with Crippen LogP contribution in [0.4, 0.5) is 0 Å². The molecule has 16 heavy (non-hydrogen) atoms. The summed E-state index contributed by atoms with van der Waals surface area (Å²) in [5, 5.41) is 8.51. The Morgan fingerprint density at radius 2 is 2.25 bits per heavy atom. The molecular formula is C11H14ClN3O. The molecule has 1 aromatic carbocycles. The average Bonchev–Trinajstić information content (AvgIpc) is 2.54. The first-order valence-corrected chi connectivity index (χ1v) is 5.12. The zero-order chi connectivity index (χ0) is 10.3. The summed E-state index contributed by atoms with van der Waals surface area (Å²) >= 11 is 0. The van der Waals surface area contributed by atoms with Crippen molar-refractivity contribution in [3.8, 4) is 5.75 Å². The van der Waals surface area contributed by atoms with Crippen LogP contribution in [0.2, 0.25) is 0 Å². The molecule has 0 unspecified atom stereocenters. The number of rotatable bonds is 2. The van der Waals surface area contributed by atoms with Crippen molar-refractivity contribution >= 4 is 23.3 Å². The van der Waals surface area contributed by atoms with E-state index in [2.05, 4.69) is 10.4 Å². The van der Waals surface area contributed by atoms with Crippen LogP contribution in [0.1, 0.15) is 0 Å². The quantitative estimate of drug-likeness (QED) is 0.860. The van der Waals surface area contributed by atoms with E-state index in [9.17, 15) is 0 Å². The second-order valence-electron chi connectivity index (χ2n) is 3.89. The number of hydrogen-bond donors (Lipinski definition) is 1. The van der Waals surface area contributed by atoms with Crippen LogP contribution in [-0.2, 0) is 7.05 Å². The van der Waals surface area contributed by atoms with Crippen molar-refractivity contribution in [1.82, 2.24) is 15.1 Å². The van der Waals surface area contributed by atoms with Crippen LogP contribution in [0, 0.1) is 0 Å². The molecule has 1 aromatic heterocycles. The Labute approximate surface area is 100.0 Å². The molecule has 1 saturated heterocycles. The minimum absolute atomic E-state index is 0. The molecule has 3 rings (SSSR count). The van der Waals surface area contributed by atoms with Gasteiger partial charge in [-0.15, -0.1) is 12.4 Å². The van der Waals surface area contributed by atoms with E-state index in [4.69, 9.17) is 4.74 Å². The first kappa shape index (κ1) is 11.2. The van der Waals surface area contributed by atoms with Crippen LogP contribution in [-0.4, -0.2) is 29.0 Å². The molecule has 0 amide bonds. The van der Waals surface area contributed by atoms with Crippen molar-refractivity contribution in [2.45, 2.75) is 6.10 Å². The van der Waals surface area contributed by atoms with Gasteiger partial charge in [0.2, 0.25) is 0 Å². The van der Waals surface area contributed by atoms with Crippen LogP contribution < -0.4 is 10.1 Å². The predicted molar refractivity (Wildman–Crippen MR) is 65.2 cm³/mol. The molecule has 0 bridgehead atoms. The van der Waals surface area contributed by atoms with Gasteiger partial charge in [-0.1, -0.05) is 0 Å². The van der Waals surface area contributed by atoms with E-state index in [1.165, 1.54) is 0 Å². The standard InChI is InChI=1S/C11H13N3O.ClH/c1-14-11-3-2-9(4-8(11)5-13-14)15-10-6-12-7-10;/h2-5,10,12H,6-7H2,1H3;1H. The van der Waals surface area contributed by atoms with E-state index >= 15 is 0 Å². The number of aryl methyl sites for hydroxylation is 1. The molecular weight excluding hydrogens is 226 g/mol. The van der Waals surface area contributed by atoms with E-state index in [1.54, 1.807) is 0 Å². The zero-order valence-corrected chi connectivity index (χ0v) is 9.83. The molecule has 1 aliphatic heterocycles. The van der Waals surface area contributed by atoms with E-state index in [0.29, 0.717) is 6.10 Å². The summed E-state index contributed by atoms with van der Waals surface area (Å²) in [4.78, 5) is 0. The van der Waals surface area contributed by atoms with Gasteiger partial charge in [0, 0.05) is 25.5 Å². The van der Waals surface area contributed by atoms with Crippen LogP contribution in [0.25, 0.3) is 10.9 Å². The van der Waals surface area contributed by atoms with Gasteiger partial charge >= 0.3 is 0 Å². The Hall–Kier alpha value is -1.26. The molecule has 1 fully saturated rings. The first-order valence-electron chi connectivity index (χ1n) is 5.12. The van der Waals surface area contributed by atoms with E-state index in [1.807, 2.05) is 36.1 Å². The summed E-state index contributed by atoms with van der Waals surface area (Å²) in [5.74, 6) is 0.932. The van der Waals surface area contributed by atoms with Crippen LogP contribution >= 0.6 is 12.4 Å². The number of aromatic nitrogens is 2. The topological polar surface area (TPSA) is 39.1 Å². The van der Waals surface area contributed by atoms with Crippen molar-refractivity contribution in [2.24, 2.45) is 7.05 Å². The molecule has 0 radical (unpaired) electrons. The van der Waals surface area contributed by atoms with Crippen LogP contribution in [0.5, 0.6) is 5.75 Å². The van der Waals surface area contributed by atoms with Crippen molar-refractivity contribution in [1.29, 1.82) is 0 Å². The molecule has 2 aromatic rings. The number of halogens is 1. The third-order valence-corrected chi connectivity index (χ3v) is 2.76. The SMILES string of the molecule is Cl.Cn1ncc2cc(OC3CNC3)ccc21. The molecule has 1 N–H and O–H groups in total.